The zero-order valence-electron chi connectivity index (χ0n) is 6.16. The van der Waals surface area contributed by atoms with Crippen LogP contribution in [0.5, 0.6) is 0 Å². The first-order chi connectivity index (χ1) is 6.06. The number of nitrogens with zero attached hydrogens (tertiary/aromatic N) is 1. The summed E-state index contributed by atoms with van der Waals surface area (Å²) in [5, 5.41) is 10.1. The van der Waals surface area contributed by atoms with E-state index < -0.39 is 27.8 Å². The van der Waals surface area contributed by atoms with Gasteiger partial charge >= 0.3 is 0 Å². The molecular formula is C7H3F2NO3. The molecule has 1 rings (SSSR count). The highest BCUT2D eigenvalue weighted by atomic mass is 19.1. The maximum Gasteiger partial charge on any atom is 0.275 e. The molecule has 0 amide bonds. The van der Waals surface area contributed by atoms with Gasteiger partial charge in [-0.2, -0.15) is 0 Å². The number of carbonyl (C=O) groups excluding carboxylic acids is 1. The SMILES string of the molecule is O=Cc1c(F)cc([N+](=O)[O-])cc1F. The van der Waals surface area contributed by atoms with Crippen LogP contribution in [0.25, 0.3) is 0 Å². The van der Waals surface area contributed by atoms with Crippen LogP contribution >= 0.6 is 0 Å². The zero-order valence-corrected chi connectivity index (χ0v) is 6.16. The number of nitro benzene ring substituents is 1. The normalized spacial score (nSPS) is 9.69. The van der Waals surface area contributed by atoms with E-state index in [9.17, 15) is 23.7 Å². The van der Waals surface area contributed by atoms with E-state index in [1.54, 1.807) is 0 Å². The summed E-state index contributed by atoms with van der Waals surface area (Å²) >= 11 is 0. The van der Waals surface area contributed by atoms with Crippen molar-refractivity contribution in [1.82, 2.24) is 0 Å². The smallest absolute Gasteiger partial charge is 0.275 e. The third kappa shape index (κ3) is 1.66. The molecule has 1 aromatic rings. The lowest BCUT2D eigenvalue weighted by atomic mass is 10.2. The van der Waals surface area contributed by atoms with Gasteiger partial charge in [0.15, 0.2) is 6.29 Å². The molecule has 0 N–H and O–H groups in total. The van der Waals surface area contributed by atoms with Gasteiger partial charge in [-0.1, -0.05) is 0 Å². The highest BCUT2D eigenvalue weighted by molar-refractivity contribution is 5.76. The van der Waals surface area contributed by atoms with Crippen LogP contribution in [0.3, 0.4) is 0 Å². The molecule has 0 atom stereocenters. The van der Waals surface area contributed by atoms with Crippen molar-refractivity contribution in [3.05, 3.63) is 39.4 Å². The van der Waals surface area contributed by atoms with Crippen LogP contribution in [0.1, 0.15) is 10.4 Å². The summed E-state index contributed by atoms with van der Waals surface area (Å²) in [4.78, 5) is 19.2. The van der Waals surface area contributed by atoms with E-state index in [4.69, 9.17) is 0 Å². The minimum Gasteiger partial charge on any atom is -0.298 e. The summed E-state index contributed by atoms with van der Waals surface area (Å²) in [6, 6.07) is 0.986. The van der Waals surface area contributed by atoms with Crippen LogP contribution in [-0.4, -0.2) is 11.2 Å². The van der Waals surface area contributed by atoms with Crippen molar-refractivity contribution >= 4 is 12.0 Å². The van der Waals surface area contributed by atoms with Gasteiger partial charge in [-0.3, -0.25) is 14.9 Å². The topological polar surface area (TPSA) is 60.2 Å². The molecule has 0 spiro atoms. The summed E-state index contributed by atoms with van der Waals surface area (Å²) in [5.74, 6) is -2.47. The largest absolute Gasteiger partial charge is 0.298 e. The van der Waals surface area contributed by atoms with Crippen molar-refractivity contribution in [2.24, 2.45) is 0 Å². The number of benzene rings is 1. The number of nitro groups is 1. The van der Waals surface area contributed by atoms with Crippen molar-refractivity contribution in [1.29, 1.82) is 0 Å². The van der Waals surface area contributed by atoms with Crippen molar-refractivity contribution in [3.8, 4) is 0 Å². The van der Waals surface area contributed by atoms with E-state index in [0.717, 1.165) is 0 Å². The Bertz CT molecular complexity index is 355. The first kappa shape index (κ1) is 9.24. The first-order valence-electron chi connectivity index (χ1n) is 3.15. The lowest BCUT2D eigenvalue weighted by Gasteiger charge is -1.96. The maximum atomic E-state index is 12.7. The molecule has 13 heavy (non-hydrogen) atoms. The molecule has 0 unspecified atom stereocenters. The second-order valence-electron chi connectivity index (χ2n) is 2.20. The molecule has 0 saturated carbocycles. The van der Waals surface area contributed by atoms with Crippen molar-refractivity contribution in [2.45, 2.75) is 0 Å². The minimum absolute atomic E-state index is 0.0333. The molecule has 0 radical (unpaired) electrons. The number of rotatable bonds is 2. The van der Waals surface area contributed by atoms with E-state index in [-0.39, 0.29) is 6.29 Å². The maximum absolute atomic E-state index is 12.7. The number of carbonyl (C=O) groups is 1. The van der Waals surface area contributed by atoms with E-state index >= 15 is 0 Å². The molecule has 0 aliphatic heterocycles. The fourth-order valence-corrected chi connectivity index (χ4v) is 0.789. The number of non-ortho nitro benzene ring substituents is 1. The lowest BCUT2D eigenvalue weighted by Crippen LogP contribution is -1.97. The Balaban J connectivity index is 3.36. The summed E-state index contributed by atoms with van der Waals surface area (Å²) in [5.41, 5.74) is -1.52. The highest BCUT2D eigenvalue weighted by Crippen LogP contribution is 2.18. The van der Waals surface area contributed by atoms with Gasteiger partial charge in [-0.25, -0.2) is 8.78 Å². The monoisotopic (exact) mass is 187 g/mol. The molecular weight excluding hydrogens is 184 g/mol. The van der Waals surface area contributed by atoms with Gasteiger partial charge in [-0.05, 0) is 0 Å². The third-order valence-electron chi connectivity index (χ3n) is 1.39. The molecule has 4 nitrogen and oxygen atoms in total. The summed E-state index contributed by atoms with van der Waals surface area (Å²) in [7, 11) is 0. The van der Waals surface area contributed by atoms with Gasteiger partial charge in [0, 0.05) is 0 Å². The van der Waals surface area contributed by atoms with Gasteiger partial charge < -0.3 is 0 Å². The Morgan fingerprint density at radius 1 is 1.31 bits per heavy atom. The Morgan fingerprint density at radius 3 is 2.08 bits per heavy atom. The van der Waals surface area contributed by atoms with E-state index in [1.165, 1.54) is 0 Å². The molecule has 0 bridgehead atoms. The van der Waals surface area contributed by atoms with Crippen LogP contribution in [0, 0.1) is 21.7 Å². The van der Waals surface area contributed by atoms with Gasteiger partial charge in [-0.15, -0.1) is 0 Å². The van der Waals surface area contributed by atoms with E-state index in [2.05, 4.69) is 0 Å². The molecule has 0 aliphatic rings. The van der Waals surface area contributed by atoms with Crippen LogP contribution < -0.4 is 0 Å². The van der Waals surface area contributed by atoms with Crippen molar-refractivity contribution in [3.63, 3.8) is 0 Å². The molecule has 68 valence electrons. The molecule has 0 saturated heterocycles. The Kier molecular flexibility index (Phi) is 2.32. The predicted octanol–water partition coefficient (Wildman–Crippen LogP) is 1.69. The van der Waals surface area contributed by atoms with Crippen LogP contribution in [0.15, 0.2) is 12.1 Å². The summed E-state index contributed by atoms with van der Waals surface area (Å²) in [6.07, 6.45) is -0.0333. The van der Waals surface area contributed by atoms with Crippen LogP contribution in [-0.2, 0) is 0 Å². The first-order valence-corrected chi connectivity index (χ1v) is 3.15. The highest BCUT2D eigenvalue weighted by Gasteiger charge is 2.15. The summed E-state index contributed by atoms with van der Waals surface area (Å²) < 4.78 is 25.4. The fourth-order valence-electron chi connectivity index (χ4n) is 0.789. The second kappa shape index (κ2) is 3.26. The zero-order chi connectivity index (χ0) is 10.0. The number of hydrogen-bond acceptors (Lipinski definition) is 3. The van der Waals surface area contributed by atoms with E-state index in [1.807, 2.05) is 0 Å². The Labute approximate surface area is 70.9 Å². The molecule has 6 heteroatoms. The number of aldehydes is 1. The van der Waals surface area contributed by atoms with Gasteiger partial charge in [0.25, 0.3) is 5.69 Å². The van der Waals surface area contributed by atoms with Crippen LogP contribution in [0.2, 0.25) is 0 Å². The van der Waals surface area contributed by atoms with Crippen LogP contribution in [0.4, 0.5) is 14.5 Å². The lowest BCUT2D eigenvalue weighted by molar-refractivity contribution is -0.385. The standard InChI is InChI=1S/C7H3F2NO3/c8-6-1-4(10(12)13)2-7(9)5(6)3-11/h1-3H. The molecule has 1 aromatic carbocycles. The average molecular weight is 187 g/mol. The molecule has 0 heterocycles. The van der Waals surface area contributed by atoms with Gasteiger partial charge in [0.1, 0.15) is 11.6 Å². The molecule has 0 aliphatic carbocycles. The van der Waals surface area contributed by atoms with Crippen molar-refractivity contribution in [2.75, 3.05) is 0 Å². The number of halogens is 2. The summed E-state index contributed by atoms with van der Waals surface area (Å²) in [6.45, 7) is 0. The molecule has 0 fully saturated rings. The van der Waals surface area contributed by atoms with Gasteiger partial charge in [0.2, 0.25) is 0 Å². The second-order valence-corrected chi connectivity index (χ2v) is 2.20. The fraction of sp³-hybridized carbons (Fsp3) is 0. The number of hydrogen-bond donors (Lipinski definition) is 0. The predicted molar refractivity (Wildman–Crippen MR) is 38.4 cm³/mol. The van der Waals surface area contributed by atoms with Gasteiger partial charge in [0.05, 0.1) is 22.6 Å². The third-order valence-corrected chi connectivity index (χ3v) is 1.39. The molecule has 0 aromatic heterocycles. The minimum atomic E-state index is -1.23. The van der Waals surface area contributed by atoms with E-state index in [0.29, 0.717) is 12.1 Å². The Morgan fingerprint density at radius 2 is 1.77 bits per heavy atom. The van der Waals surface area contributed by atoms with Crippen molar-refractivity contribution < 1.29 is 18.5 Å². The Hall–Kier alpha value is -1.85. The quantitative estimate of drug-likeness (QED) is 0.402. The average Bonchev–Trinajstić information content (AvgIpc) is 2.03.